The predicted octanol–water partition coefficient (Wildman–Crippen LogP) is 3.72. The molecule has 2 aromatic carbocycles. The maximum absolute atomic E-state index is 13.0. The molecule has 7 heteroatoms. The zero-order chi connectivity index (χ0) is 21.8. The van der Waals surface area contributed by atoms with Crippen LogP contribution in [0.25, 0.3) is 5.76 Å². The summed E-state index contributed by atoms with van der Waals surface area (Å²) in [7, 11) is 3.79. The third-order valence-electron chi connectivity index (χ3n) is 4.93. The first kappa shape index (κ1) is 21.9. The lowest BCUT2D eigenvalue weighted by atomic mass is 9.95. The molecule has 1 saturated heterocycles. The number of amides is 1. The van der Waals surface area contributed by atoms with E-state index in [0.717, 1.165) is 0 Å². The van der Waals surface area contributed by atoms with Gasteiger partial charge in [-0.3, -0.25) is 9.59 Å². The summed E-state index contributed by atoms with van der Waals surface area (Å²) in [6, 6.07) is 13.1. The Hall–Kier alpha value is -2.83. The predicted molar refractivity (Wildman–Crippen MR) is 117 cm³/mol. The molecule has 1 atom stereocenters. The van der Waals surface area contributed by atoms with Gasteiger partial charge in [0.05, 0.1) is 18.2 Å². The Morgan fingerprint density at radius 2 is 1.87 bits per heavy atom. The standard InChI is InChI=1S/C23H25ClN2O4/c1-4-30-18-7-5-6-16(14-18)21(27)19-20(15-8-10-17(24)11-9-15)26(13-12-25(2)3)23(29)22(19)28/h5-11,14,20,27H,4,12-13H2,1-3H3/b21-19-. The van der Waals surface area contributed by atoms with Crippen LogP contribution in [0.2, 0.25) is 5.02 Å². The van der Waals surface area contributed by atoms with E-state index in [9.17, 15) is 14.7 Å². The number of likely N-dealkylation sites (N-methyl/N-ethyl adjacent to an activating group) is 1. The number of benzene rings is 2. The largest absolute Gasteiger partial charge is 0.507 e. The molecule has 6 nitrogen and oxygen atoms in total. The molecule has 2 aromatic rings. The van der Waals surface area contributed by atoms with Crippen molar-refractivity contribution in [3.05, 3.63) is 70.3 Å². The van der Waals surface area contributed by atoms with E-state index in [-0.39, 0.29) is 11.3 Å². The molecule has 1 aliphatic heterocycles. The Morgan fingerprint density at radius 3 is 2.50 bits per heavy atom. The van der Waals surface area contributed by atoms with Crippen LogP contribution in [-0.2, 0) is 9.59 Å². The number of hydrogen-bond acceptors (Lipinski definition) is 5. The molecule has 0 aromatic heterocycles. The summed E-state index contributed by atoms with van der Waals surface area (Å²) in [6.07, 6.45) is 0. The van der Waals surface area contributed by atoms with Crippen molar-refractivity contribution in [2.24, 2.45) is 0 Å². The number of ether oxygens (including phenoxy) is 1. The number of rotatable bonds is 7. The second-order valence-corrected chi connectivity index (χ2v) is 7.74. The highest BCUT2D eigenvalue weighted by molar-refractivity contribution is 6.46. The Kier molecular flexibility index (Phi) is 6.80. The quantitative estimate of drug-likeness (QED) is 0.413. The minimum atomic E-state index is -0.701. The zero-order valence-electron chi connectivity index (χ0n) is 17.3. The van der Waals surface area contributed by atoms with Gasteiger partial charge in [-0.05, 0) is 50.8 Å². The number of carbonyl (C=O) groups excluding carboxylic acids is 2. The van der Waals surface area contributed by atoms with Gasteiger partial charge in [-0.1, -0.05) is 35.9 Å². The molecule has 1 fully saturated rings. The van der Waals surface area contributed by atoms with E-state index in [1.165, 1.54) is 4.90 Å². The molecule has 1 amide bonds. The lowest BCUT2D eigenvalue weighted by Crippen LogP contribution is -2.35. The van der Waals surface area contributed by atoms with Gasteiger partial charge < -0.3 is 19.6 Å². The first-order chi connectivity index (χ1) is 14.3. The molecule has 1 N–H and O–H groups in total. The van der Waals surface area contributed by atoms with Crippen molar-refractivity contribution in [3.8, 4) is 5.75 Å². The van der Waals surface area contributed by atoms with Crippen LogP contribution in [0.5, 0.6) is 5.75 Å². The fraction of sp³-hybridized carbons (Fsp3) is 0.304. The van der Waals surface area contributed by atoms with Gasteiger partial charge in [0.2, 0.25) is 0 Å². The van der Waals surface area contributed by atoms with Crippen LogP contribution in [0.1, 0.15) is 24.1 Å². The summed E-state index contributed by atoms with van der Waals surface area (Å²) in [6.45, 7) is 3.27. The van der Waals surface area contributed by atoms with E-state index in [1.807, 2.05) is 25.9 Å². The molecule has 30 heavy (non-hydrogen) atoms. The van der Waals surface area contributed by atoms with Crippen LogP contribution in [0.4, 0.5) is 0 Å². The fourth-order valence-corrected chi connectivity index (χ4v) is 3.59. The van der Waals surface area contributed by atoms with Crippen molar-refractivity contribution < 1.29 is 19.4 Å². The number of ketones is 1. The molecule has 0 bridgehead atoms. The van der Waals surface area contributed by atoms with Crippen molar-refractivity contribution in [1.82, 2.24) is 9.80 Å². The highest BCUT2D eigenvalue weighted by atomic mass is 35.5. The first-order valence-corrected chi connectivity index (χ1v) is 10.1. The Labute approximate surface area is 181 Å². The number of aliphatic hydroxyl groups excluding tert-OH is 1. The maximum Gasteiger partial charge on any atom is 0.295 e. The monoisotopic (exact) mass is 428 g/mol. The second kappa shape index (κ2) is 9.32. The van der Waals surface area contributed by atoms with Crippen molar-refractivity contribution in [2.45, 2.75) is 13.0 Å². The number of likely N-dealkylation sites (tertiary alicyclic amines) is 1. The summed E-state index contributed by atoms with van der Waals surface area (Å²) < 4.78 is 5.50. The molecule has 0 aliphatic carbocycles. The summed E-state index contributed by atoms with van der Waals surface area (Å²) in [5.74, 6) is -0.971. The van der Waals surface area contributed by atoms with Gasteiger partial charge in [0.25, 0.3) is 11.7 Å². The molecular weight excluding hydrogens is 404 g/mol. The van der Waals surface area contributed by atoms with E-state index < -0.39 is 17.7 Å². The number of carbonyl (C=O) groups is 2. The van der Waals surface area contributed by atoms with E-state index in [1.54, 1.807) is 48.5 Å². The summed E-state index contributed by atoms with van der Waals surface area (Å²) >= 11 is 6.03. The molecule has 0 saturated carbocycles. The van der Waals surface area contributed by atoms with E-state index in [0.29, 0.717) is 41.6 Å². The highest BCUT2D eigenvalue weighted by Crippen LogP contribution is 2.39. The fourth-order valence-electron chi connectivity index (χ4n) is 3.47. The lowest BCUT2D eigenvalue weighted by Gasteiger charge is -2.26. The van der Waals surface area contributed by atoms with Crippen LogP contribution in [0, 0.1) is 0 Å². The number of Topliss-reactive ketones (excluding diaryl/α,β-unsaturated/α-hetero) is 1. The molecule has 1 heterocycles. The van der Waals surface area contributed by atoms with Crippen molar-refractivity contribution in [2.75, 3.05) is 33.8 Å². The van der Waals surface area contributed by atoms with Gasteiger partial charge in [0.15, 0.2) is 0 Å². The van der Waals surface area contributed by atoms with Crippen molar-refractivity contribution in [3.63, 3.8) is 0 Å². The third kappa shape index (κ3) is 4.50. The number of nitrogens with zero attached hydrogens (tertiary/aromatic N) is 2. The topological polar surface area (TPSA) is 70.1 Å². The van der Waals surface area contributed by atoms with Crippen molar-refractivity contribution >= 4 is 29.1 Å². The minimum Gasteiger partial charge on any atom is -0.507 e. The smallest absolute Gasteiger partial charge is 0.295 e. The van der Waals surface area contributed by atoms with Crippen molar-refractivity contribution in [1.29, 1.82) is 0 Å². The Balaban J connectivity index is 2.12. The van der Waals surface area contributed by atoms with Gasteiger partial charge in [-0.15, -0.1) is 0 Å². The van der Waals surface area contributed by atoms with Crippen LogP contribution in [0.3, 0.4) is 0 Å². The van der Waals surface area contributed by atoms with E-state index >= 15 is 0 Å². The summed E-state index contributed by atoms with van der Waals surface area (Å²) in [5.41, 5.74) is 1.19. The number of halogens is 1. The molecule has 3 rings (SSSR count). The van der Waals surface area contributed by atoms with Gasteiger partial charge in [-0.2, -0.15) is 0 Å². The molecule has 0 spiro atoms. The SMILES string of the molecule is CCOc1cccc(/C(O)=C2/C(=O)C(=O)N(CCN(C)C)C2c2ccc(Cl)cc2)c1. The second-order valence-electron chi connectivity index (χ2n) is 7.31. The Morgan fingerprint density at radius 1 is 1.17 bits per heavy atom. The third-order valence-corrected chi connectivity index (χ3v) is 5.18. The number of aliphatic hydroxyl groups is 1. The van der Waals surface area contributed by atoms with E-state index in [4.69, 9.17) is 16.3 Å². The first-order valence-electron chi connectivity index (χ1n) is 9.75. The maximum atomic E-state index is 13.0. The number of hydrogen-bond donors (Lipinski definition) is 1. The molecule has 1 aliphatic rings. The van der Waals surface area contributed by atoms with Crippen LogP contribution < -0.4 is 4.74 Å². The normalized spacial score (nSPS) is 18.3. The summed E-state index contributed by atoms with van der Waals surface area (Å²) in [5, 5.41) is 11.6. The molecule has 0 radical (unpaired) electrons. The highest BCUT2D eigenvalue weighted by Gasteiger charge is 2.45. The van der Waals surface area contributed by atoms with Crippen LogP contribution in [0.15, 0.2) is 54.1 Å². The van der Waals surface area contributed by atoms with Crippen LogP contribution >= 0.6 is 11.6 Å². The Bertz CT molecular complexity index is 969. The average molecular weight is 429 g/mol. The zero-order valence-corrected chi connectivity index (χ0v) is 18.0. The van der Waals surface area contributed by atoms with Gasteiger partial charge in [0.1, 0.15) is 11.5 Å². The van der Waals surface area contributed by atoms with E-state index in [2.05, 4.69) is 0 Å². The summed E-state index contributed by atoms with van der Waals surface area (Å²) in [4.78, 5) is 29.2. The van der Waals surface area contributed by atoms with Gasteiger partial charge in [-0.25, -0.2) is 0 Å². The molecule has 1 unspecified atom stereocenters. The molecular formula is C23H25ClN2O4. The molecule has 158 valence electrons. The van der Waals surface area contributed by atoms with Crippen LogP contribution in [-0.4, -0.2) is 60.4 Å². The lowest BCUT2D eigenvalue weighted by molar-refractivity contribution is -0.140. The van der Waals surface area contributed by atoms with Gasteiger partial charge >= 0.3 is 0 Å². The van der Waals surface area contributed by atoms with Gasteiger partial charge in [0, 0.05) is 23.7 Å². The average Bonchev–Trinajstić information content (AvgIpc) is 2.97. The minimum absolute atomic E-state index is 0.0646.